The molecule has 0 saturated heterocycles. The molecule has 1 amide bonds. The molecule has 222 valence electrons. The molecule has 2 heterocycles. The Bertz CT molecular complexity index is 1820. The highest BCUT2D eigenvalue weighted by atomic mass is 32.1. The number of likely N-dealkylation sites (N-methyl/N-ethyl adjacent to an activating group) is 1. The molecule has 0 fully saturated rings. The van der Waals surface area contributed by atoms with Crippen molar-refractivity contribution in [3.63, 3.8) is 0 Å². The number of nitrogens with zero attached hydrogens (tertiary/aromatic N) is 3. The molecule has 9 heteroatoms. The van der Waals surface area contributed by atoms with Crippen LogP contribution in [0.25, 0.3) is 6.08 Å². The first-order valence-electron chi connectivity index (χ1n) is 14.2. The third-order valence-electron chi connectivity index (χ3n) is 7.46. The quantitative estimate of drug-likeness (QED) is 0.265. The van der Waals surface area contributed by atoms with Crippen molar-refractivity contribution < 1.29 is 19.0 Å². The highest BCUT2D eigenvalue weighted by molar-refractivity contribution is 7.07. The van der Waals surface area contributed by atoms with Crippen LogP contribution in [-0.2, 0) is 11.4 Å². The number of fused-ring (bicyclic) bond motifs is 1. The normalized spacial score (nSPS) is 14.6. The highest BCUT2D eigenvalue weighted by Crippen LogP contribution is 2.38. The van der Waals surface area contributed by atoms with E-state index in [0.29, 0.717) is 57.4 Å². The molecule has 1 aliphatic rings. The van der Waals surface area contributed by atoms with Gasteiger partial charge in [-0.1, -0.05) is 53.8 Å². The summed E-state index contributed by atoms with van der Waals surface area (Å²) in [5.74, 6) is 1.71. The number of amides is 1. The van der Waals surface area contributed by atoms with Gasteiger partial charge in [0.25, 0.3) is 11.5 Å². The predicted molar refractivity (Wildman–Crippen MR) is 168 cm³/mol. The zero-order valence-electron chi connectivity index (χ0n) is 25.0. The molecule has 1 atom stereocenters. The van der Waals surface area contributed by atoms with Crippen molar-refractivity contribution in [3.8, 4) is 17.2 Å². The van der Waals surface area contributed by atoms with Crippen LogP contribution in [0.5, 0.6) is 17.2 Å². The second-order valence-electron chi connectivity index (χ2n) is 10.0. The third-order valence-corrected chi connectivity index (χ3v) is 8.44. The van der Waals surface area contributed by atoms with E-state index in [2.05, 4.69) is 0 Å². The lowest BCUT2D eigenvalue weighted by Crippen LogP contribution is -2.43. The number of ether oxygens (including phenoxy) is 3. The third kappa shape index (κ3) is 6.12. The minimum absolute atomic E-state index is 0.165. The SMILES string of the molecule is CCN(CC)C(=O)C1=C(C)N=c2s/c(=C/c3ccc(OCc4ccccc4)cc3)c(=O)n2[C@@H]1c1cc(OC)ccc1OC. The number of rotatable bonds is 10. The standard InChI is InChI=1S/C34H35N3O5S/c1-6-36(7-2)33(39)30-22(3)35-34-37(31(30)27-20-26(40-4)17-18-28(27)41-5)32(38)29(43-34)19-23-13-15-25(16-14-23)42-21-24-11-9-8-10-12-24/h8-20,31H,6-7,21H2,1-5H3/b29-19+/t31-/m1/s1. The summed E-state index contributed by atoms with van der Waals surface area (Å²) in [6.07, 6.45) is 1.84. The molecule has 0 spiro atoms. The van der Waals surface area contributed by atoms with Crippen molar-refractivity contribution in [2.24, 2.45) is 4.99 Å². The number of carbonyl (C=O) groups is 1. The number of aromatic nitrogens is 1. The minimum atomic E-state index is -0.745. The number of benzene rings is 3. The maximum atomic E-state index is 14.1. The van der Waals surface area contributed by atoms with Crippen LogP contribution in [0, 0.1) is 0 Å². The van der Waals surface area contributed by atoms with Crippen molar-refractivity contribution >= 4 is 23.3 Å². The number of carbonyl (C=O) groups excluding carboxylic acids is 1. The van der Waals surface area contributed by atoms with Crippen LogP contribution in [-0.4, -0.2) is 42.7 Å². The zero-order valence-corrected chi connectivity index (χ0v) is 25.8. The Hall–Kier alpha value is -4.63. The molecule has 0 N–H and O–H groups in total. The van der Waals surface area contributed by atoms with Crippen molar-refractivity contribution in [1.29, 1.82) is 0 Å². The smallest absolute Gasteiger partial charge is 0.271 e. The topological polar surface area (TPSA) is 82.4 Å². The summed E-state index contributed by atoms with van der Waals surface area (Å²) in [7, 11) is 3.16. The fraction of sp³-hybridized carbons (Fsp3) is 0.265. The maximum Gasteiger partial charge on any atom is 0.271 e. The van der Waals surface area contributed by atoms with Gasteiger partial charge in [-0.3, -0.25) is 14.2 Å². The van der Waals surface area contributed by atoms with Crippen molar-refractivity contribution in [3.05, 3.63) is 120 Å². The van der Waals surface area contributed by atoms with E-state index in [1.165, 1.54) is 11.3 Å². The van der Waals surface area contributed by atoms with E-state index in [-0.39, 0.29) is 11.5 Å². The molecule has 5 rings (SSSR count). The van der Waals surface area contributed by atoms with E-state index >= 15 is 0 Å². The first kappa shape index (κ1) is 29.8. The molecular formula is C34H35N3O5S. The molecule has 0 radical (unpaired) electrons. The Morgan fingerprint density at radius 1 is 0.977 bits per heavy atom. The molecule has 8 nitrogen and oxygen atoms in total. The molecule has 4 aromatic rings. The van der Waals surface area contributed by atoms with Crippen LogP contribution in [0.15, 0.2) is 93.9 Å². The Kier molecular flexibility index (Phi) is 9.11. The van der Waals surface area contributed by atoms with Gasteiger partial charge in [0.2, 0.25) is 0 Å². The minimum Gasteiger partial charge on any atom is -0.497 e. The van der Waals surface area contributed by atoms with Gasteiger partial charge in [0, 0.05) is 18.7 Å². The van der Waals surface area contributed by atoms with E-state index in [0.717, 1.165) is 16.9 Å². The predicted octanol–water partition coefficient (Wildman–Crippen LogP) is 4.70. The summed E-state index contributed by atoms with van der Waals surface area (Å²) in [5.41, 5.74) is 3.36. The van der Waals surface area contributed by atoms with Crippen LogP contribution in [0.4, 0.5) is 0 Å². The number of methoxy groups -OCH3 is 2. The summed E-state index contributed by atoms with van der Waals surface area (Å²) in [5, 5.41) is 0. The molecular weight excluding hydrogens is 562 g/mol. The average Bonchev–Trinajstić information content (AvgIpc) is 3.34. The largest absolute Gasteiger partial charge is 0.497 e. The Morgan fingerprint density at radius 3 is 2.33 bits per heavy atom. The summed E-state index contributed by atoms with van der Waals surface area (Å²) in [4.78, 5) is 35.0. The van der Waals surface area contributed by atoms with Gasteiger partial charge in [-0.2, -0.15) is 0 Å². The Morgan fingerprint density at radius 2 is 1.67 bits per heavy atom. The Balaban J connectivity index is 1.58. The second kappa shape index (κ2) is 13.1. The lowest BCUT2D eigenvalue weighted by Gasteiger charge is -2.30. The van der Waals surface area contributed by atoms with Crippen molar-refractivity contribution in [2.45, 2.75) is 33.4 Å². The van der Waals surface area contributed by atoms with Crippen LogP contribution >= 0.6 is 11.3 Å². The molecule has 3 aromatic carbocycles. The fourth-order valence-electron chi connectivity index (χ4n) is 5.18. The Labute approximate surface area is 254 Å². The number of allylic oxidation sites excluding steroid dienone is 1. The number of hydrogen-bond donors (Lipinski definition) is 0. The van der Waals surface area contributed by atoms with Crippen LogP contribution in [0.2, 0.25) is 0 Å². The number of thiazole rings is 1. The summed E-state index contributed by atoms with van der Waals surface area (Å²) < 4.78 is 19.3. The van der Waals surface area contributed by atoms with Gasteiger partial charge in [-0.25, -0.2) is 4.99 Å². The van der Waals surface area contributed by atoms with Gasteiger partial charge in [0.1, 0.15) is 29.9 Å². The first-order valence-corrected chi connectivity index (χ1v) is 15.0. The van der Waals surface area contributed by atoms with E-state index in [1.807, 2.05) is 87.5 Å². The van der Waals surface area contributed by atoms with E-state index in [9.17, 15) is 9.59 Å². The molecule has 1 aliphatic heterocycles. The molecule has 0 saturated carbocycles. The molecule has 1 aromatic heterocycles. The maximum absolute atomic E-state index is 14.1. The lowest BCUT2D eigenvalue weighted by molar-refractivity contribution is -0.127. The van der Waals surface area contributed by atoms with E-state index in [4.69, 9.17) is 19.2 Å². The monoisotopic (exact) mass is 597 g/mol. The molecule has 0 bridgehead atoms. The highest BCUT2D eigenvalue weighted by Gasteiger charge is 2.36. The van der Waals surface area contributed by atoms with E-state index in [1.54, 1.807) is 35.8 Å². The van der Waals surface area contributed by atoms with Crippen molar-refractivity contribution in [2.75, 3.05) is 27.3 Å². The lowest BCUT2D eigenvalue weighted by atomic mass is 9.93. The zero-order chi connectivity index (χ0) is 30.5. The van der Waals surface area contributed by atoms with Gasteiger partial charge in [-0.05, 0) is 68.3 Å². The van der Waals surface area contributed by atoms with Crippen LogP contribution in [0.1, 0.15) is 43.5 Å². The molecule has 0 aliphatic carbocycles. The van der Waals surface area contributed by atoms with Gasteiger partial charge < -0.3 is 19.1 Å². The van der Waals surface area contributed by atoms with Crippen molar-refractivity contribution in [1.82, 2.24) is 9.47 Å². The van der Waals surface area contributed by atoms with Gasteiger partial charge in [0.05, 0.1) is 30.0 Å². The molecule has 43 heavy (non-hydrogen) atoms. The molecule has 0 unspecified atom stereocenters. The van der Waals surface area contributed by atoms with Crippen LogP contribution < -0.4 is 29.1 Å². The van der Waals surface area contributed by atoms with Gasteiger partial charge >= 0.3 is 0 Å². The first-order chi connectivity index (χ1) is 20.9. The van der Waals surface area contributed by atoms with Gasteiger partial charge in [0.15, 0.2) is 4.80 Å². The number of hydrogen-bond acceptors (Lipinski definition) is 7. The summed E-state index contributed by atoms with van der Waals surface area (Å²) in [6.45, 7) is 7.23. The second-order valence-corrected chi connectivity index (χ2v) is 11.0. The summed E-state index contributed by atoms with van der Waals surface area (Å²) in [6, 6.07) is 22.3. The fourth-order valence-corrected chi connectivity index (χ4v) is 6.22. The van der Waals surface area contributed by atoms with Crippen LogP contribution in [0.3, 0.4) is 0 Å². The van der Waals surface area contributed by atoms with E-state index < -0.39 is 6.04 Å². The summed E-state index contributed by atoms with van der Waals surface area (Å²) >= 11 is 1.29. The average molecular weight is 598 g/mol. The van der Waals surface area contributed by atoms with Gasteiger partial charge in [-0.15, -0.1) is 0 Å².